The fraction of sp³-hybridized carbons (Fsp3) is 0.714. The highest BCUT2D eigenvalue weighted by molar-refractivity contribution is 7.89. The van der Waals surface area contributed by atoms with E-state index in [4.69, 9.17) is 0 Å². The van der Waals surface area contributed by atoms with Crippen LogP contribution >= 0.6 is 11.3 Å². The van der Waals surface area contributed by atoms with Gasteiger partial charge in [0.1, 0.15) is 0 Å². The van der Waals surface area contributed by atoms with Gasteiger partial charge in [-0.05, 0) is 38.8 Å². The van der Waals surface area contributed by atoms with Crippen LogP contribution in [-0.2, 0) is 16.6 Å². The molecule has 0 aliphatic heterocycles. The molecule has 2 N–H and O–H groups in total. The SMILES string of the molecule is CCNCc1cc(S(=O)(=O)NC(C)CC2CC2)c(C)s1. The second kappa shape index (κ2) is 6.56. The van der Waals surface area contributed by atoms with E-state index >= 15 is 0 Å². The van der Waals surface area contributed by atoms with Gasteiger partial charge in [0.15, 0.2) is 0 Å². The maximum atomic E-state index is 12.4. The van der Waals surface area contributed by atoms with Gasteiger partial charge in [-0.1, -0.05) is 19.8 Å². The number of hydrogen-bond donors (Lipinski definition) is 2. The molecule has 1 unspecified atom stereocenters. The van der Waals surface area contributed by atoms with Crippen molar-refractivity contribution < 1.29 is 8.42 Å². The van der Waals surface area contributed by atoms with Gasteiger partial charge in [0.05, 0.1) is 4.90 Å². The maximum absolute atomic E-state index is 12.4. The molecule has 0 saturated heterocycles. The van der Waals surface area contributed by atoms with Gasteiger partial charge in [-0.15, -0.1) is 11.3 Å². The van der Waals surface area contributed by atoms with Crippen molar-refractivity contribution >= 4 is 21.4 Å². The van der Waals surface area contributed by atoms with Crippen molar-refractivity contribution in [3.05, 3.63) is 15.8 Å². The molecule has 0 bridgehead atoms. The molecule has 1 heterocycles. The van der Waals surface area contributed by atoms with Crippen molar-refractivity contribution in [2.24, 2.45) is 5.92 Å². The van der Waals surface area contributed by atoms with Crippen LogP contribution in [0.5, 0.6) is 0 Å². The lowest BCUT2D eigenvalue weighted by Gasteiger charge is -2.13. The smallest absolute Gasteiger partial charge is 0.241 e. The Morgan fingerprint density at radius 1 is 1.45 bits per heavy atom. The molecular weight excluding hydrogens is 292 g/mol. The van der Waals surface area contributed by atoms with E-state index in [2.05, 4.69) is 10.0 Å². The van der Waals surface area contributed by atoms with Gasteiger partial charge in [-0.2, -0.15) is 0 Å². The normalized spacial score (nSPS) is 17.4. The summed E-state index contributed by atoms with van der Waals surface area (Å²) in [6.45, 7) is 7.49. The second-order valence-electron chi connectivity index (χ2n) is 5.61. The fourth-order valence-corrected chi connectivity index (χ4v) is 5.22. The maximum Gasteiger partial charge on any atom is 0.241 e. The average Bonchev–Trinajstić information content (AvgIpc) is 3.06. The Kier molecular flexibility index (Phi) is 5.23. The molecule has 114 valence electrons. The van der Waals surface area contributed by atoms with E-state index in [1.54, 1.807) is 17.4 Å². The highest BCUT2D eigenvalue weighted by atomic mass is 32.2. The Morgan fingerprint density at radius 3 is 2.75 bits per heavy atom. The van der Waals surface area contributed by atoms with Gasteiger partial charge in [-0.3, -0.25) is 0 Å². The van der Waals surface area contributed by atoms with E-state index in [0.717, 1.165) is 35.2 Å². The minimum absolute atomic E-state index is 0.0176. The van der Waals surface area contributed by atoms with Crippen molar-refractivity contribution in [2.75, 3.05) is 6.54 Å². The molecule has 1 saturated carbocycles. The Bertz CT molecular complexity index is 548. The number of sulfonamides is 1. The van der Waals surface area contributed by atoms with Crippen LogP contribution in [-0.4, -0.2) is 21.0 Å². The van der Waals surface area contributed by atoms with Crippen molar-refractivity contribution in [3.8, 4) is 0 Å². The Hall–Kier alpha value is -0.430. The van der Waals surface area contributed by atoms with Crippen LogP contribution in [0.4, 0.5) is 0 Å². The summed E-state index contributed by atoms with van der Waals surface area (Å²) in [7, 11) is -3.38. The van der Waals surface area contributed by atoms with Crippen molar-refractivity contribution in [1.29, 1.82) is 0 Å². The van der Waals surface area contributed by atoms with E-state index < -0.39 is 10.0 Å². The van der Waals surface area contributed by atoms with E-state index in [-0.39, 0.29) is 6.04 Å². The zero-order valence-electron chi connectivity index (χ0n) is 12.4. The molecule has 6 heteroatoms. The summed E-state index contributed by atoms with van der Waals surface area (Å²) in [5.74, 6) is 0.723. The lowest BCUT2D eigenvalue weighted by molar-refractivity contribution is 0.530. The van der Waals surface area contributed by atoms with E-state index in [0.29, 0.717) is 4.90 Å². The minimum Gasteiger partial charge on any atom is -0.312 e. The van der Waals surface area contributed by atoms with Gasteiger partial charge in [0.25, 0.3) is 0 Å². The first-order valence-corrected chi connectivity index (χ1v) is 9.54. The van der Waals surface area contributed by atoms with Gasteiger partial charge in [0.2, 0.25) is 10.0 Å². The monoisotopic (exact) mass is 316 g/mol. The van der Waals surface area contributed by atoms with Crippen molar-refractivity contribution in [1.82, 2.24) is 10.0 Å². The van der Waals surface area contributed by atoms with Gasteiger partial charge in [0, 0.05) is 22.3 Å². The Morgan fingerprint density at radius 2 is 2.15 bits per heavy atom. The predicted molar refractivity (Wildman–Crippen MR) is 83.6 cm³/mol. The molecule has 2 rings (SSSR count). The van der Waals surface area contributed by atoms with Crippen LogP contribution < -0.4 is 10.0 Å². The largest absolute Gasteiger partial charge is 0.312 e. The van der Waals surface area contributed by atoms with Crippen molar-refractivity contribution in [3.63, 3.8) is 0 Å². The second-order valence-corrected chi connectivity index (χ2v) is 8.64. The number of thiophene rings is 1. The third-order valence-corrected chi connectivity index (χ3v) is 6.40. The summed E-state index contributed by atoms with van der Waals surface area (Å²) in [4.78, 5) is 2.38. The summed E-state index contributed by atoms with van der Waals surface area (Å²) in [6.07, 6.45) is 3.44. The lowest BCUT2D eigenvalue weighted by atomic mass is 10.2. The molecule has 0 amide bonds. The van der Waals surface area contributed by atoms with E-state index in [1.165, 1.54) is 12.8 Å². The number of nitrogens with one attached hydrogen (secondary N) is 2. The molecule has 20 heavy (non-hydrogen) atoms. The van der Waals surface area contributed by atoms with Crippen LogP contribution in [0.2, 0.25) is 0 Å². The zero-order valence-corrected chi connectivity index (χ0v) is 14.0. The van der Waals surface area contributed by atoms with Gasteiger partial charge in [-0.25, -0.2) is 13.1 Å². The van der Waals surface area contributed by atoms with Crippen LogP contribution in [0.3, 0.4) is 0 Å². The topological polar surface area (TPSA) is 58.2 Å². The average molecular weight is 316 g/mol. The summed E-state index contributed by atoms with van der Waals surface area (Å²) < 4.78 is 27.7. The highest BCUT2D eigenvalue weighted by Gasteiger charge is 2.27. The summed E-state index contributed by atoms with van der Waals surface area (Å²) in [5, 5.41) is 3.23. The number of rotatable bonds is 8. The number of aryl methyl sites for hydroxylation is 1. The molecule has 0 radical (unpaired) electrons. The third-order valence-electron chi connectivity index (χ3n) is 3.50. The summed E-state index contributed by atoms with van der Waals surface area (Å²) in [6, 6.07) is 1.82. The minimum atomic E-state index is -3.38. The van der Waals surface area contributed by atoms with Crippen molar-refractivity contribution in [2.45, 2.75) is 57.5 Å². The van der Waals surface area contributed by atoms with E-state index in [9.17, 15) is 8.42 Å². The van der Waals surface area contributed by atoms with Gasteiger partial charge >= 0.3 is 0 Å². The summed E-state index contributed by atoms with van der Waals surface area (Å²) >= 11 is 1.55. The molecule has 1 fully saturated rings. The molecule has 0 aromatic carbocycles. The molecule has 1 aliphatic rings. The Labute approximate surface area is 126 Å². The Balaban J connectivity index is 2.05. The first-order valence-electron chi connectivity index (χ1n) is 7.24. The standard InChI is InChI=1S/C14H24N2O2S2/c1-4-15-9-13-8-14(11(3)19-13)20(17,18)16-10(2)7-12-5-6-12/h8,10,12,15-16H,4-7,9H2,1-3H3. The lowest BCUT2D eigenvalue weighted by Crippen LogP contribution is -2.33. The fourth-order valence-electron chi connectivity index (χ4n) is 2.36. The van der Waals surface area contributed by atoms with Crippen LogP contribution in [0, 0.1) is 12.8 Å². The molecule has 1 aromatic heterocycles. The van der Waals surface area contributed by atoms with E-state index in [1.807, 2.05) is 20.8 Å². The quantitative estimate of drug-likeness (QED) is 0.775. The number of hydrogen-bond acceptors (Lipinski definition) is 4. The zero-order chi connectivity index (χ0) is 14.8. The van der Waals surface area contributed by atoms with Crippen LogP contribution in [0.15, 0.2) is 11.0 Å². The molecule has 1 aromatic rings. The predicted octanol–water partition coefficient (Wildman–Crippen LogP) is 2.63. The molecule has 1 aliphatic carbocycles. The first kappa shape index (κ1) is 15.9. The molecule has 4 nitrogen and oxygen atoms in total. The summed E-state index contributed by atoms with van der Waals surface area (Å²) in [5.41, 5.74) is 0. The third kappa shape index (κ3) is 4.28. The molecular formula is C14H24N2O2S2. The van der Waals surface area contributed by atoms with Crippen LogP contribution in [0.1, 0.15) is 42.9 Å². The first-order chi connectivity index (χ1) is 9.42. The van der Waals surface area contributed by atoms with Crippen LogP contribution in [0.25, 0.3) is 0 Å². The molecule has 0 spiro atoms. The highest BCUT2D eigenvalue weighted by Crippen LogP contribution is 2.34. The molecule has 1 atom stereocenters. The van der Waals surface area contributed by atoms with Gasteiger partial charge < -0.3 is 5.32 Å².